The molecule has 1 aliphatic heterocycles. The lowest BCUT2D eigenvalue weighted by Gasteiger charge is -2.05. The lowest BCUT2D eigenvalue weighted by Crippen LogP contribution is -2.28. The zero-order valence-corrected chi connectivity index (χ0v) is 9.21. The highest BCUT2D eigenvalue weighted by molar-refractivity contribution is 5.94. The molecule has 4 heteroatoms. The van der Waals surface area contributed by atoms with E-state index in [2.05, 4.69) is 15.3 Å². The van der Waals surface area contributed by atoms with Crippen LogP contribution in [0.15, 0.2) is 9.98 Å². The average molecular weight is 197 g/mol. The van der Waals surface area contributed by atoms with E-state index in [1.807, 2.05) is 27.0 Å². The standard InChI is InChI=1S/C8H13N3O.C2H6/c1-2-8(12)11-6-7-9-4-3-5-10-7;1-2/h4H,2-3,5-6H2,1H3,(H,11,12);1-2H3. The van der Waals surface area contributed by atoms with Crippen molar-refractivity contribution in [2.45, 2.75) is 33.6 Å². The summed E-state index contributed by atoms with van der Waals surface area (Å²) in [6.45, 7) is 7.07. The van der Waals surface area contributed by atoms with Crippen molar-refractivity contribution in [1.82, 2.24) is 5.32 Å². The predicted molar refractivity (Wildman–Crippen MR) is 60.1 cm³/mol. The highest BCUT2D eigenvalue weighted by atomic mass is 16.1. The molecular formula is C10H19N3O. The number of aliphatic imine (C=N–C) groups is 2. The molecule has 0 saturated carbocycles. The number of carbonyl (C=O) groups excluding carboxylic acids is 1. The lowest BCUT2D eigenvalue weighted by atomic mass is 10.4. The van der Waals surface area contributed by atoms with Crippen LogP contribution in [0.2, 0.25) is 0 Å². The topological polar surface area (TPSA) is 53.8 Å². The molecule has 1 rings (SSSR count). The van der Waals surface area contributed by atoms with Gasteiger partial charge in [0.2, 0.25) is 5.91 Å². The average Bonchev–Trinajstić information content (AvgIpc) is 2.30. The summed E-state index contributed by atoms with van der Waals surface area (Å²) in [5.41, 5.74) is 0. The number of nitrogens with zero attached hydrogens (tertiary/aromatic N) is 2. The van der Waals surface area contributed by atoms with Gasteiger partial charge in [0, 0.05) is 25.6 Å². The fraction of sp³-hybridized carbons (Fsp3) is 0.700. The second kappa shape index (κ2) is 8.41. The van der Waals surface area contributed by atoms with Crippen molar-refractivity contribution < 1.29 is 4.79 Å². The molecule has 0 radical (unpaired) electrons. The maximum absolute atomic E-state index is 10.8. The molecule has 80 valence electrons. The summed E-state index contributed by atoms with van der Waals surface area (Å²) in [6, 6.07) is 0. The minimum Gasteiger partial charge on any atom is -0.349 e. The minimum absolute atomic E-state index is 0.0403. The van der Waals surface area contributed by atoms with E-state index in [9.17, 15) is 4.79 Å². The molecule has 14 heavy (non-hydrogen) atoms. The van der Waals surface area contributed by atoms with Gasteiger partial charge < -0.3 is 5.32 Å². The highest BCUT2D eigenvalue weighted by Gasteiger charge is 2.01. The SMILES string of the molecule is CC.CCC(=O)NCC1=NCCC=N1. The van der Waals surface area contributed by atoms with E-state index in [0.717, 1.165) is 18.8 Å². The van der Waals surface area contributed by atoms with Crippen LogP contribution in [0, 0.1) is 0 Å². The van der Waals surface area contributed by atoms with E-state index in [1.165, 1.54) is 0 Å². The molecule has 1 amide bonds. The molecule has 0 fully saturated rings. The van der Waals surface area contributed by atoms with E-state index in [0.29, 0.717) is 13.0 Å². The molecule has 1 N–H and O–H groups in total. The van der Waals surface area contributed by atoms with Gasteiger partial charge >= 0.3 is 0 Å². The normalized spacial score (nSPS) is 13.8. The predicted octanol–water partition coefficient (Wildman–Crippen LogP) is 1.41. The van der Waals surface area contributed by atoms with Crippen molar-refractivity contribution in [3.05, 3.63) is 0 Å². The van der Waals surface area contributed by atoms with Gasteiger partial charge in [-0.05, 0) is 0 Å². The minimum atomic E-state index is 0.0403. The van der Waals surface area contributed by atoms with Gasteiger partial charge in [-0.2, -0.15) is 0 Å². The molecule has 0 aliphatic carbocycles. The molecule has 0 unspecified atom stereocenters. The van der Waals surface area contributed by atoms with Crippen molar-refractivity contribution >= 4 is 18.0 Å². The van der Waals surface area contributed by atoms with Gasteiger partial charge in [-0.15, -0.1) is 0 Å². The first-order chi connectivity index (χ1) is 6.83. The molecule has 0 atom stereocenters. The molecule has 0 saturated heterocycles. The number of hydrogen-bond donors (Lipinski definition) is 1. The van der Waals surface area contributed by atoms with E-state index in [4.69, 9.17) is 0 Å². The van der Waals surface area contributed by atoms with E-state index >= 15 is 0 Å². The van der Waals surface area contributed by atoms with Gasteiger partial charge in [0.25, 0.3) is 0 Å². The van der Waals surface area contributed by atoms with Gasteiger partial charge in [-0.1, -0.05) is 20.8 Å². The Kier molecular flexibility index (Phi) is 7.70. The van der Waals surface area contributed by atoms with Crippen molar-refractivity contribution in [2.24, 2.45) is 9.98 Å². The Morgan fingerprint density at radius 3 is 2.79 bits per heavy atom. The fourth-order valence-corrected chi connectivity index (χ4v) is 0.866. The first-order valence-electron chi connectivity index (χ1n) is 5.15. The molecule has 0 aromatic carbocycles. The molecule has 4 nitrogen and oxygen atoms in total. The van der Waals surface area contributed by atoms with Crippen LogP contribution in [0.25, 0.3) is 0 Å². The Hall–Kier alpha value is -1.19. The van der Waals surface area contributed by atoms with E-state index in [1.54, 1.807) is 0 Å². The van der Waals surface area contributed by atoms with E-state index < -0.39 is 0 Å². The summed E-state index contributed by atoms with van der Waals surface area (Å²) in [5.74, 6) is 0.765. The van der Waals surface area contributed by atoms with Crippen LogP contribution < -0.4 is 5.32 Å². The number of hydrogen-bond acceptors (Lipinski definition) is 3. The number of carbonyl (C=O) groups is 1. The van der Waals surface area contributed by atoms with Gasteiger partial charge in [0.15, 0.2) is 0 Å². The zero-order chi connectivity index (χ0) is 10.8. The molecule has 0 aromatic rings. The number of amidine groups is 1. The first kappa shape index (κ1) is 12.8. The molecule has 1 aliphatic rings. The van der Waals surface area contributed by atoms with Crippen LogP contribution in [0.1, 0.15) is 33.6 Å². The van der Waals surface area contributed by atoms with Gasteiger partial charge in [-0.25, -0.2) is 4.99 Å². The molecule has 0 bridgehead atoms. The summed E-state index contributed by atoms with van der Waals surface area (Å²) < 4.78 is 0. The van der Waals surface area contributed by atoms with Crippen molar-refractivity contribution in [3.8, 4) is 0 Å². The monoisotopic (exact) mass is 197 g/mol. The zero-order valence-electron chi connectivity index (χ0n) is 9.21. The summed E-state index contributed by atoms with van der Waals surface area (Å²) in [5, 5.41) is 2.72. The van der Waals surface area contributed by atoms with Crippen LogP contribution in [0.3, 0.4) is 0 Å². The summed E-state index contributed by atoms with van der Waals surface area (Å²) in [7, 11) is 0. The maximum Gasteiger partial charge on any atom is 0.220 e. The van der Waals surface area contributed by atoms with Gasteiger partial charge in [0.1, 0.15) is 5.84 Å². The smallest absolute Gasteiger partial charge is 0.220 e. The second-order valence-corrected chi connectivity index (χ2v) is 2.53. The lowest BCUT2D eigenvalue weighted by molar-refractivity contribution is -0.120. The van der Waals surface area contributed by atoms with Gasteiger partial charge in [-0.3, -0.25) is 9.79 Å². The van der Waals surface area contributed by atoms with Crippen LogP contribution in [0.5, 0.6) is 0 Å². The third kappa shape index (κ3) is 5.45. The molecule has 1 heterocycles. The number of rotatable bonds is 3. The van der Waals surface area contributed by atoms with Crippen LogP contribution in [-0.2, 0) is 4.79 Å². The highest BCUT2D eigenvalue weighted by Crippen LogP contribution is 1.90. The van der Waals surface area contributed by atoms with Crippen molar-refractivity contribution in [2.75, 3.05) is 13.1 Å². The molecule has 0 aromatic heterocycles. The number of nitrogens with one attached hydrogen (secondary N) is 1. The van der Waals surface area contributed by atoms with Crippen LogP contribution >= 0.6 is 0 Å². The Labute approximate surface area is 85.5 Å². The summed E-state index contributed by atoms with van der Waals surface area (Å²) in [4.78, 5) is 19.0. The Morgan fingerprint density at radius 1 is 1.57 bits per heavy atom. The molecular weight excluding hydrogens is 178 g/mol. The Balaban J connectivity index is 0.000000791. The van der Waals surface area contributed by atoms with Crippen molar-refractivity contribution in [1.29, 1.82) is 0 Å². The summed E-state index contributed by atoms with van der Waals surface area (Å²) in [6.07, 6.45) is 3.25. The molecule has 0 spiro atoms. The summed E-state index contributed by atoms with van der Waals surface area (Å²) >= 11 is 0. The third-order valence-corrected chi connectivity index (χ3v) is 1.56. The van der Waals surface area contributed by atoms with Crippen LogP contribution in [-0.4, -0.2) is 31.0 Å². The Morgan fingerprint density at radius 2 is 2.29 bits per heavy atom. The third-order valence-electron chi connectivity index (χ3n) is 1.56. The van der Waals surface area contributed by atoms with Crippen molar-refractivity contribution in [3.63, 3.8) is 0 Å². The second-order valence-electron chi connectivity index (χ2n) is 2.53. The van der Waals surface area contributed by atoms with E-state index in [-0.39, 0.29) is 5.91 Å². The van der Waals surface area contributed by atoms with Crippen LogP contribution in [0.4, 0.5) is 0 Å². The maximum atomic E-state index is 10.8. The largest absolute Gasteiger partial charge is 0.349 e. The first-order valence-corrected chi connectivity index (χ1v) is 5.15. The fourth-order valence-electron chi connectivity index (χ4n) is 0.866. The van der Waals surface area contributed by atoms with Gasteiger partial charge in [0.05, 0.1) is 6.54 Å². The number of amides is 1. The quantitative estimate of drug-likeness (QED) is 0.730. The Bertz CT molecular complexity index is 221.